The van der Waals surface area contributed by atoms with Crippen LogP contribution < -0.4 is 10.6 Å². The van der Waals surface area contributed by atoms with Gasteiger partial charge in [0.2, 0.25) is 5.91 Å². The fourth-order valence-corrected chi connectivity index (χ4v) is 3.57. The van der Waals surface area contributed by atoms with Gasteiger partial charge in [0, 0.05) is 6.54 Å². The van der Waals surface area contributed by atoms with Gasteiger partial charge in [-0.05, 0) is 88.5 Å². The number of imide groups is 1. The Hall–Kier alpha value is -2.20. The minimum Gasteiger partial charge on any atom is -0.443 e. The minimum atomic E-state index is -0.887. The zero-order valence-corrected chi connectivity index (χ0v) is 20.5. The first-order valence-electron chi connectivity index (χ1n) is 10.1. The summed E-state index contributed by atoms with van der Waals surface area (Å²) in [6.07, 6.45) is -0.157. The Bertz CT molecular complexity index is 819. The maximum atomic E-state index is 12.8. The highest BCUT2D eigenvalue weighted by Crippen LogP contribution is 2.27. The first-order chi connectivity index (χ1) is 14.2. The molecule has 0 spiro atoms. The Morgan fingerprint density at radius 2 is 1.68 bits per heavy atom. The lowest BCUT2D eigenvalue weighted by atomic mass is 10.2. The van der Waals surface area contributed by atoms with Crippen LogP contribution in [0.5, 0.6) is 0 Å². The highest BCUT2D eigenvalue weighted by Gasteiger charge is 2.34. The van der Waals surface area contributed by atoms with Crippen LogP contribution in [0.2, 0.25) is 0 Å². The number of pyridine rings is 1. The van der Waals surface area contributed by atoms with Crippen LogP contribution in [0.3, 0.4) is 0 Å². The normalized spacial score (nSPS) is 17.3. The third-order valence-electron chi connectivity index (χ3n) is 4.36. The molecule has 2 N–H and O–H groups in total. The molecule has 1 atom stereocenters. The molecule has 1 aromatic rings. The monoisotopic (exact) mass is 498 g/mol. The Kier molecular flexibility index (Phi) is 7.70. The van der Waals surface area contributed by atoms with Gasteiger partial charge in [0.15, 0.2) is 0 Å². The summed E-state index contributed by atoms with van der Waals surface area (Å²) in [7, 11) is 0. The van der Waals surface area contributed by atoms with Crippen LogP contribution in [-0.2, 0) is 20.8 Å². The molecular formula is C21H31BrN4O5. The van der Waals surface area contributed by atoms with Gasteiger partial charge in [-0.3, -0.25) is 9.69 Å². The van der Waals surface area contributed by atoms with Crippen molar-refractivity contribution in [2.45, 2.75) is 78.2 Å². The molecule has 3 amide bonds. The average Bonchev–Trinajstić information content (AvgIpc) is 3.02. The molecule has 2 rings (SSSR count). The molecule has 31 heavy (non-hydrogen) atoms. The molecule has 0 saturated carbocycles. The summed E-state index contributed by atoms with van der Waals surface area (Å²) in [6.45, 7) is 11.4. The van der Waals surface area contributed by atoms with Crippen LogP contribution in [0.1, 0.15) is 59.9 Å². The molecule has 1 fully saturated rings. The van der Waals surface area contributed by atoms with Crippen molar-refractivity contribution in [1.29, 1.82) is 0 Å². The number of aromatic nitrogens is 1. The molecule has 10 heteroatoms. The van der Waals surface area contributed by atoms with E-state index in [1.807, 2.05) is 4.90 Å². The topological polar surface area (TPSA) is 115 Å². The standard InChI is InChI=1S/C21H31BrN4O5/c1-20(2,3)30-18(28)26(19(29)31-21(4,5)6)15-10-9-13(16(22)24-15)12-25-11-7-8-14(25)17(23)27/h9-10,14H,7-8,11-12H2,1-6H3,(H2,23,27)/t14-/m0/s1. The number of carbonyl (C=O) groups is 3. The molecular weight excluding hydrogens is 468 g/mol. The largest absolute Gasteiger partial charge is 0.443 e. The number of hydrogen-bond acceptors (Lipinski definition) is 7. The number of anilines is 1. The maximum Gasteiger partial charge on any atom is 0.425 e. The second-order valence-corrected chi connectivity index (χ2v) is 10.2. The smallest absolute Gasteiger partial charge is 0.425 e. The number of nitrogens with two attached hydrogens (primary N) is 1. The van der Waals surface area contributed by atoms with E-state index in [2.05, 4.69) is 20.9 Å². The lowest BCUT2D eigenvalue weighted by Crippen LogP contribution is -2.44. The quantitative estimate of drug-likeness (QED) is 0.624. The molecule has 0 aromatic carbocycles. The van der Waals surface area contributed by atoms with E-state index in [1.165, 1.54) is 0 Å². The molecule has 0 bridgehead atoms. The van der Waals surface area contributed by atoms with E-state index < -0.39 is 23.4 Å². The SMILES string of the molecule is CC(C)(C)OC(=O)N(C(=O)OC(C)(C)C)c1ccc(CN2CCC[C@H]2C(N)=O)c(Br)n1. The second kappa shape index (κ2) is 9.52. The number of primary amides is 1. The summed E-state index contributed by atoms with van der Waals surface area (Å²) in [5, 5.41) is 0. The van der Waals surface area contributed by atoms with Crippen molar-refractivity contribution in [3.05, 3.63) is 22.3 Å². The average molecular weight is 499 g/mol. The fourth-order valence-electron chi connectivity index (χ4n) is 3.13. The number of carbonyl (C=O) groups excluding carboxylic acids is 3. The number of rotatable bonds is 4. The van der Waals surface area contributed by atoms with Gasteiger partial charge >= 0.3 is 12.2 Å². The molecule has 1 saturated heterocycles. The Morgan fingerprint density at radius 3 is 2.13 bits per heavy atom. The van der Waals surface area contributed by atoms with Crippen molar-refractivity contribution in [2.75, 3.05) is 11.4 Å². The van der Waals surface area contributed by atoms with Gasteiger partial charge < -0.3 is 15.2 Å². The van der Waals surface area contributed by atoms with Gasteiger partial charge in [0.05, 0.1) is 6.04 Å². The van der Waals surface area contributed by atoms with E-state index in [1.54, 1.807) is 53.7 Å². The van der Waals surface area contributed by atoms with E-state index >= 15 is 0 Å². The van der Waals surface area contributed by atoms with Gasteiger partial charge in [0.1, 0.15) is 21.6 Å². The van der Waals surface area contributed by atoms with E-state index in [4.69, 9.17) is 15.2 Å². The van der Waals surface area contributed by atoms with Crippen LogP contribution in [0.15, 0.2) is 16.7 Å². The predicted molar refractivity (Wildman–Crippen MR) is 120 cm³/mol. The molecule has 0 radical (unpaired) electrons. The van der Waals surface area contributed by atoms with E-state index in [0.717, 1.165) is 29.8 Å². The summed E-state index contributed by atoms with van der Waals surface area (Å²) >= 11 is 3.42. The lowest BCUT2D eigenvalue weighted by Gasteiger charge is -2.28. The summed E-state index contributed by atoms with van der Waals surface area (Å²) in [4.78, 5) is 44.3. The summed E-state index contributed by atoms with van der Waals surface area (Å²) in [5.74, 6) is -0.286. The van der Waals surface area contributed by atoms with Gasteiger partial charge in [0.25, 0.3) is 0 Å². The molecule has 1 aliphatic heterocycles. The van der Waals surface area contributed by atoms with Crippen molar-refractivity contribution < 1.29 is 23.9 Å². The van der Waals surface area contributed by atoms with E-state index in [0.29, 0.717) is 11.1 Å². The third kappa shape index (κ3) is 7.17. The number of halogens is 1. The highest BCUT2D eigenvalue weighted by atomic mass is 79.9. The summed E-state index contributed by atoms with van der Waals surface area (Å²) in [5.41, 5.74) is 4.67. The molecule has 1 aromatic heterocycles. The Balaban J connectivity index is 2.31. The number of hydrogen-bond donors (Lipinski definition) is 1. The first kappa shape index (κ1) is 25.1. The number of ether oxygens (including phenoxy) is 2. The van der Waals surface area contributed by atoms with Crippen molar-refractivity contribution in [2.24, 2.45) is 5.73 Å². The van der Waals surface area contributed by atoms with Crippen LogP contribution in [0, 0.1) is 0 Å². The van der Waals surface area contributed by atoms with Crippen molar-refractivity contribution in [3.63, 3.8) is 0 Å². The highest BCUT2D eigenvalue weighted by molar-refractivity contribution is 9.10. The molecule has 0 aliphatic carbocycles. The van der Waals surface area contributed by atoms with E-state index in [-0.39, 0.29) is 17.8 Å². The van der Waals surface area contributed by atoms with Crippen LogP contribution in [0.25, 0.3) is 0 Å². The zero-order valence-electron chi connectivity index (χ0n) is 18.9. The van der Waals surface area contributed by atoms with Crippen molar-refractivity contribution >= 4 is 39.8 Å². The predicted octanol–water partition coefficient (Wildman–Crippen LogP) is 3.97. The van der Waals surface area contributed by atoms with Crippen LogP contribution in [0.4, 0.5) is 15.4 Å². The molecule has 0 unspecified atom stereocenters. The molecule has 9 nitrogen and oxygen atoms in total. The van der Waals surface area contributed by atoms with Gasteiger partial charge in [-0.25, -0.2) is 14.6 Å². The van der Waals surface area contributed by atoms with E-state index in [9.17, 15) is 14.4 Å². The number of nitrogens with zero attached hydrogens (tertiary/aromatic N) is 3. The lowest BCUT2D eigenvalue weighted by molar-refractivity contribution is -0.122. The van der Waals surface area contributed by atoms with Gasteiger partial charge in [-0.1, -0.05) is 6.07 Å². The number of likely N-dealkylation sites (tertiary alicyclic amines) is 1. The fraction of sp³-hybridized carbons (Fsp3) is 0.619. The van der Waals surface area contributed by atoms with Gasteiger partial charge in [-0.15, -0.1) is 0 Å². The molecule has 172 valence electrons. The van der Waals surface area contributed by atoms with Gasteiger partial charge in [-0.2, -0.15) is 4.90 Å². The van der Waals surface area contributed by atoms with Crippen LogP contribution >= 0.6 is 15.9 Å². The Morgan fingerprint density at radius 1 is 1.13 bits per heavy atom. The molecule has 2 heterocycles. The summed E-state index contributed by atoms with van der Waals surface area (Å²) in [6, 6.07) is 2.97. The van der Waals surface area contributed by atoms with Crippen LogP contribution in [-0.4, -0.2) is 51.8 Å². The first-order valence-corrected chi connectivity index (χ1v) is 10.9. The summed E-state index contributed by atoms with van der Waals surface area (Å²) < 4.78 is 11.2. The second-order valence-electron chi connectivity index (χ2n) is 9.45. The van der Waals surface area contributed by atoms with Crippen molar-refractivity contribution in [3.8, 4) is 0 Å². The maximum absolute atomic E-state index is 12.8. The minimum absolute atomic E-state index is 0.0620. The third-order valence-corrected chi connectivity index (χ3v) is 5.04. The number of amides is 3. The van der Waals surface area contributed by atoms with Crippen molar-refractivity contribution in [1.82, 2.24) is 9.88 Å². The Labute approximate surface area is 191 Å². The molecule has 1 aliphatic rings. The zero-order chi connectivity index (χ0) is 23.6.